The van der Waals surface area contributed by atoms with Crippen molar-refractivity contribution in [1.82, 2.24) is 4.90 Å². The lowest BCUT2D eigenvalue weighted by Gasteiger charge is -2.26. The third-order valence-corrected chi connectivity index (χ3v) is 2.75. The summed E-state index contributed by atoms with van der Waals surface area (Å²) in [5, 5.41) is 0. The van der Waals surface area contributed by atoms with Crippen LogP contribution in [0.3, 0.4) is 0 Å². The van der Waals surface area contributed by atoms with Crippen LogP contribution in [0.4, 0.5) is 0 Å². The standard InChI is InChI=1S/C8H15NO4S/c1-9-5-3-7(4-6-9)8(10)13-14(2,11)12/h7H,3-6H2,1-2H3. The molecule has 6 heteroatoms. The first kappa shape index (κ1) is 11.5. The normalized spacial score (nSPS) is 20.7. The minimum atomic E-state index is -3.65. The maximum Gasteiger partial charge on any atom is 0.325 e. The van der Waals surface area contributed by atoms with E-state index in [-0.39, 0.29) is 5.92 Å². The largest absolute Gasteiger partial charge is 0.346 e. The highest BCUT2D eigenvalue weighted by atomic mass is 32.2. The van der Waals surface area contributed by atoms with Crippen molar-refractivity contribution in [2.75, 3.05) is 26.4 Å². The van der Waals surface area contributed by atoms with Crippen LogP contribution in [0.2, 0.25) is 0 Å². The summed E-state index contributed by atoms with van der Waals surface area (Å²) in [6.07, 6.45) is 2.23. The van der Waals surface area contributed by atoms with Gasteiger partial charge in [-0.05, 0) is 33.0 Å². The maximum atomic E-state index is 11.3. The van der Waals surface area contributed by atoms with Crippen LogP contribution in [0.5, 0.6) is 0 Å². The summed E-state index contributed by atoms with van der Waals surface area (Å²) in [4.78, 5) is 13.4. The van der Waals surface area contributed by atoms with E-state index in [9.17, 15) is 13.2 Å². The molecule has 1 fully saturated rings. The zero-order valence-electron chi connectivity index (χ0n) is 8.39. The molecule has 1 saturated heterocycles. The average Bonchev–Trinajstić information content (AvgIpc) is 2.02. The van der Waals surface area contributed by atoms with Crippen LogP contribution in [0, 0.1) is 5.92 Å². The van der Waals surface area contributed by atoms with E-state index in [4.69, 9.17) is 0 Å². The second-order valence-corrected chi connectivity index (χ2v) is 5.26. The van der Waals surface area contributed by atoms with Crippen LogP contribution >= 0.6 is 0 Å². The highest BCUT2D eigenvalue weighted by molar-refractivity contribution is 7.86. The molecule has 0 bridgehead atoms. The molecule has 1 rings (SSSR count). The lowest BCUT2D eigenvalue weighted by molar-refractivity contribution is -0.139. The minimum absolute atomic E-state index is 0.263. The fraction of sp³-hybridized carbons (Fsp3) is 0.875. The van der Waals surface area contributed by atoms with E-state index in [0.29, 0.717) is 12.8 Å². The van der Waals surface area contributed by atoms with E-state index < -0.39 is 16.1 Å². The third-order valence-electron chi connectivity index (χ3n) is 2.29. The zero-order chi connectivity index (χ0) is 10.8. The molecule has 0 spiro atoms. The van der Waals surface area contributed by atoms with E-state index in [0.717, 1.165) is 19.3 Å². The number of hydrogen-bond donors (Lipinski definition) is 0. The van der Waals surface area contributed by atoms with Gasteiger partial charge in [0.15, 0.2) is 0 Å². The second-order valence-electron chi connectivity index (χ2n) is 3.68. The van der Waals surface area contributed by atoms with Gasteiger partial charge in [0.25, 0.3) is 0 Å². The van der Waals surface area contributed by atoms with Crippen LogP contribution in [0.15, 0.2) is 0 Å². The van der Waals surface area contributed by atoms with E-state index in [1.165, 1.54) is 0 Å². The Hall–Kier alpha value is -0.620. The molecule has 0 saturated carbocycles. The van der Waals surface area contributed by atoms with Crippen molar-refractivity contribution >= 4 is 16.1 Å². The van der Waals surface area contributed by atoms with Gasteiger partial charge in [-0.2, -0.15) is 8.42 Å². The molecule has 1 heterocycles. The smallest absolute Gasteiger partial charge is 0.325 e. The van der Waals surface area contributed by atoms with Gasteiger partial charge in [-0.25, -0.2) is 0 Å². The zero-order valence-corrected chi connectivity index (χ0v) is 9.21. The van der Waals surface area contributed by atoms with Crippen LogP contribution in [-0.2, 0) is 19.1 Å². The van der Waals surface area contributed by atoms with E-state index in [1.807, 2.05) is 7.05 Å². The van der Waals surface area contributed by atoms with E-state index in [2.05, 4.69) is 9.08 Å². The Bertz CT molecular complexity index is 303. The number of hydrogen-bond acceptors (Lipinski definition) is 5. The first-order chi connectivity index (χ1) is 6.38. The first-order valence-electron chi connectivity index (χ1n) is 4.50. The molecule has 0 unspecified atom stereocenters. The molecule has 0 radical (unpaired) electrons. The van der Waals surface area contributed by atoms with Crippen molar-refractivity contribution in [3.63, 3.8) is 0 Å². The van der Waals surface area contributed by atoms with Gasteiger partial charge in [0.2, 0.25) is 0 Å². The van der Waals surface area contributed by atoms with Crippen LogP contribution in [0.25, 0.3) is 0 Å². The Morgan fingerprint density at radius 2 is 1.86 bits per heavy atom. The Labute approximate surface area is 84.2 Å². The lowest BCUT2D eigenvalue weighted by Crippen LogP contribution is -2.34. The van der Waals surface area contributed by atoms with Crippen molar-refractivity contribution in [3.8, 4) is 0 Å². The van der Waals surface area contributed by atoms with Gasteiger partial charge >= 0.3 is 16.1 Å². The molecule has 0 aliphatic carbocycles. The monoisotopic (exact) mass is 221 g/mol. The van der Waals surface area contributed by atoms with Gasteiger partial charge in [0.05, 0.1) is 12.2 Å². The summed E-state index contributed by atoms with van der Waals surface area (Å²) in [5.74, 6) is -0.874. The summed E-state index contributed by atoms with van der Waals surface area (Å²) in [7, 11) is -1.68. The molecule has 0 amide bonds. The molecular weight excluding hydrogens is 206 g/mol. The molecule has 82 valence electrons. The second kappa shape index (κ2) is 4.27. The molecular formula is C8H15NO4S. The molecule has 0 atom stereocenters. The van der Waals surface area contributed by atoms with Gasteiger partial charge in [-0.3, -0.25) is 4.79 Å². The number of carbonyl (C=O) groups is 1. The minimum Gasteiger partial charge on any atom is -0.346 e. The Kier molecular flexibility index (Phi) is 3.49. The van der Waals surface area contributed by atoms with Gasteiger partial charge in [0.1, 0.15) is 0 Å². The highest BCUT2D eigenvalue weighted by Crippen LogP contribution is 2.17. The van der Waals surface area contributed by atoms with Crippen molar-refractivity contribution in [2.45, 2.75) is 12.8 Å². The predicted octanol–water partition coefficient (Wildman–Crippen LogP) is -0.169. The molecule has 1 aliphatic heterocycles. The number of piperidine rings is 1. The highest BCUT2D eigenvalue weighted by Gasteiger charge is 2.26. The third kappa shape index (κ3) is 3.63. The van der Waals surface area contributed by atoms with Crippen LogP contribution < -0.4 is 0 Å². The summed E-state index contributed by atoms with van der Waals surface area (Å²) < 4.78 is 25.7. The predicted molar refractivity (Wildman–Crippen MR) is 51.2 cm³/mol. The first-order valence-corrected chi connectivity index (χ1v) is 6.32. The molecule has 14 heavy (non-hydrogen) atoms. The Morgan fingerprint density at radius 1 is 1.36 bits per heavy atom. The number of nitrogens with zero attached hydrogens (tertiary/aromatic N) is 1. The summed E-state index contributed by atoms with van der Waals surface area (Å²) in [6, 6.07) is 0. The van der Waals surface area contributed by atoms with Crippen molar-refractivity contribution < 1.29 is 17.4 Å². The molecule has 0 aromatic carbocycles. The maximum absolute atomic E-state index is 11.3. The van der Waals surface area contributed by atoms with Crippen LogP contribution in [-0.4, -0.2) is 45.7 Å². The lowest BCUT2D eigenvalue weighted by atomic mass is 9.98. The van der Waals surface area contributed by atoms with Crippen molar-refractivity contribution in [1.29, 1.82) is 0 Å². The molecule has 5 nitrogen and oxygen atoms in total. The van der Waals surface area contributed by atoms with Crippen molar-refractivity contribution in [3.05, 3.63) is 0 Å². The van der Waals surface area contributed by atoms with Gasteiger partial charge in [0, 0.05) is 0 Å². The molecule has 0 aromatic heterocycles. The van der Waals surface area contributed by atoms with E-state index in [1.54, 1.807) is 0 Å². The average molecular weight is 221 g/mol. The fourth-order valence-electron chi connectivity index (χ4n) is 1.46. The summed E-state index contributed by atoms with van der Waals surface area (Å²) >= 11 is 0. The quantitative estimate of drug-likeness (QED) is 0.606. The van der Waals surface area contributed by atoms with Gasteiger partial charge in [-0.1, -0.05) is 0 Å². The number of rotatable bonds is 2. The van der Waals surface area contributed by atoms with E-state index >= 15 is 0 Å². The topological polar surface area (TPSA) is 63.7 Å². The summed E-state index contributed by atoms with van der Waals surface area (Å²) in [6.45, 7) is 1.62. The van der Waals surface area contributed by atoms with Gasteiger partial charge < -0.3 is 9.08 Å². The molecule has 0 aromatic rings. The summed E-state index contributed by atoms with van der Waals surface area (Å²) in [5.41, 5.74) is 0. The number of likely N-dealkylation sites (tertiary alicyclic amines) is 1. The Balaban J connectivity index is 2.46. The fourth-order valence-corrected chi connectivity index (χ4v) is 1.90. The van der Waals surface area contributed by atoms with Gasteiger partial charge in [-0.15, -0.1) is 0 Å². The van der Waals surface area contributed by atoms with Crippen LogP contribution in [0.1, 0.15) is 12.8 Å². The molecule has 0 N–H and O–H groups in total. The SMILES string of the molecule is CN1CCC(C(=O)OS(C)(=O)=O)CC1. The Morgan fingerprint density at radius 3 is 2.29 bits per heavy atom. The number of carbonyl (C=O) groups excluding carboxylic acids is 1. The molecule has 1 aliphatic rings. The van der Waals surface area contributed by atoms with Crippen molar-refractivity contribution in [2.24, 2.45) is 5.92 Å².